The van der Waals surface area contributed by atoms with Crippen molar-refractivity contribution in [3.8, 4) is 17.3 Å². The number of rotatable bonds is 5. The zero-order valence-electron chi connectivity index (χ0n) is 14.5. The third-order valence-electron chi connectivity index (χ3n) is 3.78. The number of hydrogen-bond donors (Lipinski definition) is 2. The molecule has 0 aliphatic carbocycles. The quantitative estimate of drug-likeness (QED) is 0.592. The van der Waals surface area contributed by atoms with Gasteiger partial charge in [0, 0.05) is 18.3 Å². The fraction of sp³-hybridized carbons (Fsp3) is 0.118. The van der Waals surface area contributed by atoms with Crippen LogP contribution in [0.2, 0.25) is 0 Å². The summed E-state index contributed by atoms with van der Waals surface area (Å²) in [5.41, 5.74) is -2.18. The van der Waals surface area contributed by atoms with Gasteiger partial charge >= 0.3 is 6.18 Å². The van der Waals surface area contributed by atoms with Gasteiger partial charge in [-0.1, -0.05) is 6.07 Å². The van der Waals surface area contributed by atoms with Crippen molar-refractivity contribution in [1.29, 1.82) is 0 Å². The van der Waals surface area contributed by atoms with Crippen molar-refractivity contribution in [2.45, 2.75) is 11.1 Å². The van der Waals surface area contributed by atoms with Gasteiger partial charge in [0.1, 0.15) is 16.5 Å². The van der Waals surface area contributed by atoms with Gasteiger partial charge in [0.25, 0.3) is 10.0 Å². The van der Waals surface area contributed by atoms with Gasteiger partial charge in [-0.25, -0.2) is 22.2 Å². The largest absolute Gasteiger partial charge is 0.481 e. The fourth-order valence-electron chi connectivity index (χ4n) is 2.40. The van der Waals surface area contributed by atoms with E-state index < -0.39 is 39.1 Å². The van der Waals surface area contributed by atoms with Crippen molar-refractivity contribution in [3.05, 3.63) is 59.8 Å². The minimum atomic E-state index is -5.12. The average molecular weight is 433 g/mol. The number of H-pyrrole nitrogens is 1. The number of halogens is 5. The van der Waals surface area contributed by atoms with E-state index in [1.54, 1.807) is 22.9 Å². The SMILES string of the molecule is COc1cccc(-c2cc(S(=O)(=O)Nc3cc(F)c(C(F)(F)F)cc3F)c[nH]2)n1. The highest BCUT2D eigenvalue weighted by Gasteiger charge is 2.35. The number of aromatic amines is 1. The molecule has 0 aliphatic rings. The number of pyridine rings is 1. The second-order valence-electron chi connectivity index (χ2n) is 5.73. The Balaban J connectivity index is 1.91. The average Bonchev–Trinajstić information content (AvgIpc) is 3.14. The number of nitrogens with one attached hydrogen (secondary N) is 2. The molecule has 1 aromatic carbocycles. The Morgan fingerprint density at radius 1 is 1.10 bits per heavy atom. The number of aromatic nitrogens is 2. The van der Waals surface area contributed by atoms with E-state index in [0.717, 1.165) is 6.20 Å². The van der Waals surface area contributed by atoms with Crippen LogP contribution >= 0.6 is 0 Å². The maximum Gasteiger partial charge on any atom is 0.419 e. The lowest BCUT2D eigenvalue weighted by Crippen LogP contribution is -2.15. The number of alkyl halides is 3. The van der Waals surface area contributed by atoms with E-state index in [2.05, 4.69) is 9.97 Å². The third-order valence-corrected chi connectivity index (χ3v) is 5.13. The molecule has 12 heteroatoms. The van der Waals surface area contributed by atoms with Crippen LogP contribution in [-0.2, 0) is 16.2 Å². The Morgan fingerprint density at radius 3 is 2.48 bits per heavy atom. The molecule has 0 saturated heterocycles. The first kappa shape index (κ1) is 20.6. The van der Waals surface area contributed by atoms with Gasteiger partial charge in [-0.15, -0.1) is 0 Å². The maximum atomic E-state index is 13.9. The number of nitrogens with zero attached hydrogens (tertiary/aromatic N) is 1. The first-order valence-electron chi connectivity index (χ1n) is 7.80. The first-order chi connectivity index (χ1) is 13.5. The lowest BCUT2D eigenvalue weighted by molar-refractivity contribution is -0.140. The molecule has 0 radical (unpaired) electrons. The molecule has 0 bridgehead atoms. The summed E-state index contributed by atoms with van der Waals surface area (Å²) >= 11 is 0. The molecule has 3 aromatic rings. The molecule has 0 saturated carbocycles. The smallest absolute Gasteiger partial charge is 0.419 e. The molecule has 0 aliphatic heterocycles. The van der Waals surface area contributed by atoms with E-state index in [-0.39, 0.29) is 28.6 Å². The van der Waals surface area contributed by atoms with Gasteiger partial charge in [-0.2, -0.15) is 13.2 Å². The Morgan fingerprint density at radius 2 is 1.83 bits per heavy atom. The second-order valence-corrected chi connectivity index (χ2v) is 7.41. The summed E-state index contributed by atoms with van der Waals surface area (Å²) in [4.78, 5) is 6.42. The summed E-state index contributed by atoms with van der Waals surface area (Å²) in [6.45, 7) is 0. The molecule has 29 heavy (non-hydrogen) atoms. The van der Waals surface area contributed by atoms with Crippen LogP contribution in [0.25, 0.3) is 11.4 Å². The third kappa shape index (κ3) is 4.31. The van der Waals surface area contributed by atoms with Crippen molar-refractivity contribution in [3.63, 3.8) is 0 Å². The van der Waals surface area contributed by atoms with Gasteiger partial charge in [0.15, 0.2) is 0 Å². The molecule has 0 atom stereocenters. The van der Waals surface area contributed by atoms with Crippen LogP contribution < -0.4 is 9.46 Å². The van der Waals surface area contributed by atoms with Crippen LogP contribution in [-0.4, -0.2) is 25.5 Å². The number of ether oxygens (including phenoxy) is 1. The second kappa shape index (κ2) is 7.35. The standard InChI is InChI=1S/C17H12F5N3O3S/c1-28-16-4-2-3-13(24-16)15-5-9(8-23-15)29(26,27)25-14-7-11(18)10(6-12(14)19)17(20,21)22/h2-8,23,25H,1H3. The summed E-state index contributed by atoms with van der Waals surface area (Å²) < 4.78 is 97.0. The molecule has 0 amide bonds. The lowest BCUT2D eigenvalue weighted by atomic mass is 10.2. The highest BCUT2D eigenvalue weighted by molar-refractivity contribution is 7.92. The molecule has 2 aromatic heterocycles. The van der Waals surface area contributed by atoms with Gasteiger partial charge in [0.05, 0.1) is 29.7 Å². The van der Waals surface area contributed by atoms with Crippen LogP contribution in [0, 0.1) is 11.6 Å². The van der Waals surface area contributed by atoms with Gasteiger partial charge < -0.3 is 9.72 Å². The lowest BCUT2D eigenvalue weighted by Gasteiger charge is -2.12. The van der Waals surface area contributed by atoms with E-state index >= 15 is 0 Å². The van der Waals surface area contributed by atoms with E-state index in [9.17, 15) is 30.4 Å². The zero-order chi connectivity index (χ0) is 21.4. The highest BCUT2D eigenvalue weighted by Crippen LogP contribution is 2.34. The summed E-state index contributed by atoms with van der Waals surface area (Å²) in [7, 11) is -3.03. The van der Waals surface area contributed by atoms with Crippen molar-refractivity contribution in [2.24, 2.45) is 0 Å². The number of benzene rings is 1. The maximum absolute atomic E-state index is 13.9. The van der Waals surface area contributed by atoms with E-state index in [1.807, 2.05) is 0 Å². The van der Waals surface area contributed by atoms with Crippen molar-refractivity contribution in [1.82, 2.24) is 9.97 Å². The fourth-order valence-corrected chi connectivity index (χ4v) is 3.45. The number of sulfonamides is 1. The van der Waals surface area contributed by atoms with Crippen molar-refractivity contribution in [2.75, 3.05) is 11.8 Å². The van der Waals surface area contributed by atoms with Gasteiger partial charge in [-0.3, -0.25) is 4.72 Å². The highest BCUT2D eigenvalue weighted by atomic mass is 32.2. The molecule has 0 unspecified atom stereocenters. The Bertz CT molecular complexity index is 1160. The van der Waals surface area contributed by atoms with E-state index in [1.165, 1.54) is 13.2 Å². The molecule has 154 valence electrons. The monoisotopic (exact) mass is 433 g/mol. The first-order valence-corrected chi connectivity index (χ1v) is 9.28. The Hall–Kier alpha value is -3.15. The molecule has 2 heterocycles. The Labute approximate surface area is 161 Å². The number of anilines is 1. The summed E-state index contributed by atoms with van der Waals surface area (Å²) in [6.07, 6.45) is -4.06. The Kier molecular flexibility index (Phi) is 5.22. The molecular formula is C17H12F5N3O3S. The van der Waals surface area contributed by atoms with Gasteiger partial charge in [0.2, 0.25) is 5.88 Å². The minimum absolute atomic E-state index is 0.115. The van der Waals surface area contributed by atoms with E-state index in [0.29, 0.717) is 5.69 Å². The summed E-state index contributed by atoms with van der Waals surface area (Å²) in [5, 5.41) is 0. The molecule has 2 N–H and O–H groups in total. The molecule has 0 spiro atoms. The number of hydrogen-bond acceptors (Lipinski definition) is 4. The number of methoxy groups -OCH3 is 1. The van der Waals surface area contributed by atoms with Crippen LogP contribution in [0.4, 0.5) is 27.6 Å². The van der Waals surface area contributed by atoms with Crippen molar-refractivity contribution >= 4 is 15.7 Å². The predicted octanol–water partition coefficient (Wildman–Crippen LogP) is 4.18. The topological polar surface area (TPSA) is 84.1 Å². The normalized spacial score (nSPS) is 12.1. The zero-order valence-corrected chi connectivity index (χ0v) is 15.3. The van der Waals surface area contributed by atoms with Gasteiger partial charge in [-0.05, 0) is 18.2 Å². The van der Waals surface area contributed by atoms with E-state index in [4.69, 9.17) is 4.74 Å². The summed E-state index contributed by atoms with van der Waals surface area (Å²) in [6, 6.07) is 5.96. The molecular weight excluding hydrogens is 421 g/mol. The minimum Gasteiger partial charge on any atom is -0.481 e. The predicted molar refractivity (Wildman–Crippen MR) is 92.7 cm³/mol. The van der Waals surface area contributed by atoms with Crippen LogP contribution in [0.15, 0.2) is 47.5 Å². The van der Waals surface area contributed by atoms with Crippen LogP contribution in [0.1, 0.15) is 5.56 Å². The molecule has 0 fully saturated rings. The van der Waals surface area contributed by atoms with Crippen LogP contribution in [0.5, 0.6) is 5.88 Å². The summed E-state index contributed by atoms with van der Waals surface area (Å²) in [5.74, 6) is -3.11. The molecule has 6 nitrogen and oxygen atoms in total. The van der Waals surface area contributed by atoms with Crippen LogP contribution in [0.3, 0.4) is 0 Å². The molecule has 3 rings (SSSR count). The van der Waals surface area contributed by atoms with Crippen molar-refractivity contribution < 1.29 is 35.1 Å².